The maximum atomic E-state index is 10.2. The van der Waals surface area contributed by atoms with Crippen LogP contribution in [0.1, 0.15) is 80.3 Å². The van der Waals surface area contributed by atoms with Gasteiger partial charge in [-0.2, -0.15) is 0 Å². The summed E-state index contributed by atoms with van der Waals surface area (Å²) in [6.07, 6.45) is 6.61. The highest BCUT2D eigenvalue weighted by Gasteiger charge is 2.19. The lowest BCUT2D eigenvalue weighted by Gasteiger charge is -2.13. The van der Waals surface area contributed by atoms with E-state index in [1.165, 1.54) is 24.0 Å². The summed E-state index contributed by atoms with van der Waals surface area (Å²) in [7, 11) is 0. The second kappa shape index (κ2) is 12.0. The third-order valence-electron chi connectivity index (χ3n) is 4.43. The van der Waals surface area contributed by atoms with Crippen molar-refractivity contribution in [1.29, 1.82) is 0 Å². The van der Waals surface area contributed by atoms with Gasteiger partial charge < -0.3 is 10.3 Å². The van der Waals surface area contributed by atoms with Crippen molar-refractivity contribution in [3.05, 3.63) is 45.3 Å². The average molecular weight is 379 g/mol. The van der Waals surface area contributed by atoms with Crippen LogP contribution in [0.15, 0.2) is 24.3 Å². The van der Waals surface area contributed by atoms with Gasteiger partial charge in [0.25, 0.3) is 0 Å². The number of rotatable bonds is 9. The summed E-state index contributed by atoms with van der Waals surface area (Å²) in [6, 6.07) is 8.96. The van der Waals surface area contributed by atoms with Gasteiger partial charge in [0.1, 0.15) is 5.01 Å². The average Bonchev–Trinajstić information content (AvgIpc) is 2.99. The molecule has 0 aliphatic rings. The zero-order valence-corrected chi connectivity index (χ0v) is 17.4. The molecule has 4 nitrogen and oxygen atoms in total. The molecule has 5 heteroatoms. The van der Waals surface area contributed by atoms with Crippen molar-refractivity contribution < 1.29 is 10.3 Å². The van der Waals surface area contributed by atoms with Gasteiger partial charge in [-0.1, -0.05) is 64.8 Å². The molecular weight excluding hydrogens is 344 g/mol. The summed E-state index contributed by atoms with van der Waals surface area (Å²) in [5.74, 6) is 4.72. The maximum absolute atomic E-state index is 10.2. The first-order valence-corrected chi connectivity index (χ1v) is 10.4. The summed E-state index contributed by atoms with van der Waals surface area (Å²) < 4.78 is 0. The molecule has 0 bridgehead atoms. The van der Waals surface area contributed by atoms with E-state index < -0.39 is 0 Å². The number of hydrogen-bond acceptors (Lipinski definition) is 5. The lowest BCUT2D eigenvalue weighted by molar-refractivity contribution is 0.311. The largest absolute Gasteiger partial charge is 0.492 e. The molecule has 0 fully saturated rings. The van der Waals surface area contributed by atoms with E-state index in [1.807, 2.05) is 0 Å². The summed E-state index contributed by atoms with van der Waals surface area (Å²) in [4.78, 5) is 5.53. The predicted molar refractivity (Wildman–Crippen MR) is 110 cm³/mol. The topological polar surface area (TPSA) is 79.4 Å². The number of nitrogens with two attached hydrogens (primary N) is 1. The Morgan fingerprint density at radius 1 is 1.08 bits per heavy atom. The molecule has 0 saturated carbocycles. The van der Waals surface area contributed by atoms with E-state index in [9.17, 15) is 5.11 Å². The standard InChI is InChI=1S/C21H31NOS.H3NO/c1-5-7-8-9-19-20(23)22-21(24-19)18(6-2)17-12-10-16(11-13-17)14-15(3)4;1-2/h10-13,15,18,23H,5-9,14H2,1-4H3;2H,1H2. The number of aromatic nitrogens is 1. The van der Waals surface area contributed by atoms with E-state index in [2.05, 4.69) is 62.8 Å². The first-order valence-electron chi connectivity index (χ1n) is 9.58. The van der Waals surface area contributed by atoms with Gasteiger partial charge in [-0.3, -0.25) is 0 Å². The van der Waals surface area contributed by atoms with E-state index in [1.54, 1.807) is 11.3 Å². The number of hydrogen-bond donors (Lipinski definition) is 3. The molecule has 146 valence electrons. The minimum Gasteiger partial charge on any atom is -0.492 e. The van der Waals surface area contributed by atoms with E-state index in [-0.39, 0.29) is 11.8 Å². The van der Waals surface area contributed by atoms with Crippen LogP contribution in [-0.2, 0) is 12.8 Å². The lowest BCUT2D eigenvalue weighted by Crippen LogP contribution is -2.00. The number of aryl methyl sites for hydroxylation is 1. The molecule has 1 heterocycles. The number of unbranched alkanes of at least 4 members (excludes halogenated alkanes) is 2. The molecule has 1 aromatic carbocycles. The van der Waals surface area contributed by atoms with E-state index in [0.29, 0.717) is 5.92 Å². The molecule has 0 amide bonds. The van der Waals surface area contributed by atoms with Crippen LogP contribution in [0.4, 0.5) is 0 Å². The molecule has 1 aromatic heterocycles. The van der Waals surface area contributed by atoms with Crippen molar-refractivity contribution >= 4 is 11.3 Å². The van der Waals surface area contributed by atoms with Crippen molar-refractivity contribution in [3.8, 4) is 5.88 Å². The SMILES string of the molecule is CCCCCc1sc(C(CC)c2ccc(CC(C)C)cc2)nc1O.NO. The molecule has 2 rings (SSSR count). The maximum Gasteiger partial charge on any atom is 0.225 e. The van der Waals surface area contributed by atoms with Crippen LogP contribution >= 0.6 is 11.3 Å². The third kappa shape index (κ3) is 6.71. The minimum atomic E-state index is 0.251. The second-order valence-corrected chi connectivity index (χ2v) is 8.17. The van der Waals surface area contributed by atoms with Crippen LogP contribution in [-0.4, -0.2) is 15.3 Å². The van der Waals surface area contributed by atoms with Gasteiger partial charge in [0.05, 0.1) is 4.88 Å². The molecule has 0 spiro atoms. The van der Waals surface area contributed by atoms with Crippen LogP contribution in [0.5, 0.6) is 5.88 Å². The minimum absolute atomic E-state index is 0.251. The monoisotopic (exact) mass is 378 g/mol. The van der Waals surface area contributed by atoms with Gasteiger partial charge in [-0.05, 0) is 42.7 Å². The molecule has 0 aliphatic carbocycles. The Balaban J connectivity index is 0.00000163. The Morgan fingerprint density at radius 3 is 2.27 bits per heavy atom. The van der Waals surface area contributed by atoms with E-state index in [4.69, 9.17) is 5.21 Å². The van der Waals surface area contributed by atoms with Crippen molar-refractivity contribution in [2.75, 3.05) is 0 Å². The highest BCUT2D eigenvalue weighted by Crippen LogP contribution is 2.36. The fraction of sp³-hybridized carbons (Fsp3) is 0.571. The number of nitrogens with zero attached hydrogens (tertiary/aromatic N) is 1. The van der Waals surface area contributed by atoms with Crippen molar-refractivity contribution in [2.45, 2.75) is 72.1 Å². The van der Waals surface area contributed by atoms with E-state index in [0.717, 1.165) is 35.6 Å². The first kappa shape index (κ1) is 22.6. The molecule has 0 radical (unpaired) electrons. The van der Waals surface area contributed by atoms with Gasteiger partial charge in [0.2, 0.25) is 5.88 Å². The number of thiazole rings is 1. The molecule has 26 heavy (non-hydrogen) atoms. The Hall–Kier alpha value is -1.43. The number of aromatic hydroxyl groups is 1. The molecule has 1 atom stereocenters. The Bertz CT molecular complexity index is 623. The smallest absolute Gasteiger partial charge is 0.225 e. The molecule has 2 aromatic rings. The van der Waals surface area contributed by atoms with Gasteiger partial charge >= 0.3 is 0 Å². The fourth-order valence-electron chi connectivity index (χ4n) is 3.12. The predicted octanol–water partition coefficient (Wildman–Crippen LogP) is 5.66. The summed E-state index contributed by atoms with van der Waals surface area (Å²) >= 11 is 1.69. The highest BCUT2D eigenvalue weighted by molar-refractivity contribution is 7.12. The first-order chi connectivity index (χ1) is 12.5. The molecular formula is C21H34N2O2S. The molecule has 0 aliphatic heterocycles. The van der Waals surface area contributed by atoms with Gasteiger partial charge in [-0.15, -0.1) is 11.3 Å². The van der Waals surface area contributed by atoms with Crippen LogP contribution in [0.2, 0.25) is 0 Å². The third-order valence-corrected chi connectivity index (χ3v) is 5.65. The van der Waals surface area contributed by atoms with Crippen LogP contribution in [0, 0.1) is 5.92 Å². The Kier molecular flexibility index (Phi) is 10.5. The summed E-state index contributed by atoms with van der Waals surface area (Å²) in [6.45, 7) is 8.90. The number of benzene rings is 1. The lowest BCUT2D eigenvalue weighted by atomic mass is 9.94. The summed E-state index contributed by atoms with van der Waals surface area (Å²) in [5.41, 5.74) is 2.70. The van der Waals surface area contributed by atoms with E-state index >= 15 is 0 Å². The van der Waals surface area contributed by atoms with Gasteiger partial charge in [0.15, 0.2) is 0 Å². The normalized spacial score (nSPS) is 12.0. The molecule has 0 saturated heterocycles. The molecule has 1 unspecified atom stereocenters. The summed E-state index contributed by atoms with van der Waals surface area (Å²) in [5, 5.41) is 17.7. The van der Waals surface area contributed by atoms with Crippen LogP contribution in [0.3, 0.4) is 0 Å². The van der Waals surface area contributed by atoms with Crippen LogP contribution < -0.4 is 5.90 Å². The van der Waals surface area contributed by atoms with Gasteiger partial charge in [-0.25, -0.2) is 10.9 Å². The second-order valence-electron chi connectivity index (χ2n) is 7.06. The van der Waals surface area contributed by atoms with Crippen LogP contribution in [0.25, 0.3) is 0 Å². The van der Waals surface area contributed by atoms with Gasteiger partial charge in [0, 0.05) is 5.92 Å². The molecule has 4 N–H and O–H groups in total. The zero-order valence-electron chi connectivity index (χ0n) is 16.5. The fourth-order valence-corrected chi connectivity index (χ4v) is 4.33. The Labute approximate surface area is 162 Å². The highest BCUT2D eigenvalue weighted by atomic mass is 32.1. The van der Waals surface area contributed by atoms with Crippen molar-refractivity contribution in [1.82, 2.24) is 4.98 Å². The zero-order chi connectivity index (χ0) is 19.5. The Morgan fingerprint density at radius 2 is 1.73 bits per heavy atom. The quantitative estimate of drug-likeness (QED) is 0.389. The van der Waals surface area contributed by atoms with Crippen molar-refractivity contribution in [2.24, 2.45) is 11.8 Å². The van der Waals surface area contributed by atoms with Crippen molar-refractivity contribution in [3.63, 3.8) is 0 Å².